The lowest BCUT2D eigenvalue weighted by atomic mass is 10.1. The van der Waals surface area contributed by atoms with Crippen molar-refractivity contribution in [2.45, 2.75) is 13.0 Å². The summed E-state index contributed by atoms with van der Waals surface area (Å²) in [7, 11) is 1.59. The number of anilines is 1. The van der Waals surface area contributed by atoms with Gasteiger partial charge in [-0.15, -0.1) is 0 Å². The summed E-state index contributed by atoms with van der Waals surface area (Å²) in [4.78, 5) is 4.12. The first-order valence-corrected chi connectivity index (χ1v) is 6.82. The Hall–Kier alpha value is -2.27. The second kappa shape index (κ2) is 7.50. The first kappa shape index (κ1) is 15.1. The number of nitrogens with zero attached hydrogens (tertiary/aromatic N) is 1. The summed E-state index contributed by atoms with van der Waals surface area (Å²) in [5.41, 5.74) is 2.02. The highest BCUT2D eigenvalue weighted by molar-refractivity contribution is 5.55. The Balaban J connectivity index is 2.12. The van der Waals surface area contributed by atoms with Gasteiger partial charge in [-0.05, 0) is 30.7 Å². The number of ether oxygens (including phenoxy) is 2. The molecule has 0 aliphatic rings. The molecule has 0 aliphatic heterocycles. The van der Waals surface area contributed by atoms with E-state index in [1.54, 1.807) is 13.3 Å². The molecule has 5 nitrogen and oxygen atoms in total. The molecule has 0 saturated carbocycles. The van der Waals surface area contributed by atoms with Gasteiger partial charge in [-0.2, -0.15) is 0 Å². The van der Waals surface area contributed by atoms with Crippen LogP contribution in [0.4, 0.5) is 5.69 Å². The smallest absolute Gasteiger partial charge is 0.163 e. The summed E-state index contributed by atoms with van der Waals surface area (Å²) < 4.78 is 10.7. The first-order chi connectivity index (χ1) is 10.2. The van der Waals surface area contributed by atoms with Gasteiger partial charge in [-0.1, -0.05) is 6.07 Å². The lowest BCUT2D eigenvalue weighted by Crippen LogP contribution is -2.08. The molecule has 21 heavy (non-hydrogen) atoms. The molecule has 0 amide bonds. The molecule has 0 fully saturated rings. The molecule has 1 unspecified atom stereocenters. The van der Waals surface area contributed by atoms with E-state index in [0.29, 0.717) is 11.5 Å². The van der Waals surface area contributed by atoms with Gasteiger partial charge in [0, 0.05) is 24.1 Å². The monoisotopic (exact) mass is 288 g/mol. The molecule has 1 aromatic carbocycles. The number of aromatic nitrogens is 1. The van der Waals surface area contributed by atoms with E-state index in [1.807, 2.05) is 36.5 Å². The normalized spacial score (nSPS) is 11.8. The highest BCUT2D eigenvalue weighted by atomic mass is 16.5. The van der Waals surface area contributed by atoms with E-state index in [0.717, 1.165) is 11.3 Å². The van der Waals surface area contributed by atoms with Crippen molar-refractivity contribution in [3.05, 3.63) is 48.3 Å². The fourth-order valence-electron chi connectivity index (χ4n) is 2.00. The lowest BCUT2D eigenvalue weighted by molar-refractivity contribution is 0.196. The van der Waals surface area contributed by atoms with E-state index in [-0.39, 0.29) is 19.3 Å². The Morgan fingerprint density at radius 1 is 1.29 bits per heavy atom. The molecule has 1 aromatic heterocycles. The van der Waals surface area contributed by atoms with E-state index in [2.05, 4.69) is 17.2 Å². The van der Waals surface area contributed by atoms with Crippen molar-refractivity contribution in [2.75, 3.05) is 25.6 Å². The molecule has 0 radical (unpaired) electrons. The van der Waals surface area contributed by atoms with Crippen LogP contribution in [-0.2, 0) is 0 Å². The van der Waals surface area contributed by atoms with Crippen LogP contribution >= 0.6 is 0 Å². The van der Waals surface area contributed by atoms with E-state index in [9.17, 15) is 0 Å². The van der Waals surface area contributed by atoms with E-state index >= 15 is 0 Å². The number of benzene rings is 1. The molecule has 1 heterocycles. The average Bonchev–Trinajstić information content (AvgIpc) is 2.54. The first-order valence-electron chi connectivity index (χ1n) is 6.82. The van der Waals surface area contributed by atoms with Gasteiger partial charge < -0.3 is 19.9 Å². The number of pyridine rings is 1. The number of hydrogen-bond acceptors (Lipinski definition) is 5. The largest absolute Gasteiger partial charge is 0.493 e. The number of aliphatic hydroxyl groups excluding tert-OH is 1. The van der Waals surface area contributed by atoms with Gasteiger partial charge in [0.05, 0.1) is 19.8 Å². The van der Waals surface area contributed by atoms with Crippen molar-refractivity contribution in [1.82, 2.24) is 4.98 Å². The Morgan fingerprint density at radius 2 is 2.14 bits per heavy atom. The Morgan fingerprint density at radius 3 is 2.81 bits per heavy atom. The third kappa shape index (κ3) is 4.10. The zero-order chi connectivity index (χ0) is 15.1. The van der Waals surface area contributed by atoms with Crippen LogP contribution in [0.5, 0.6) is 11.5 Å². The maximum Gasteiger partial charge on any atom is 0.163 e. The van der Waals surface area contributed by atoms with Crippen LogP contribution in [-0.4, -0.2) is 30.4 Å². The van der Waals surface area contributed by atoms with E-state index in [1.165, 1.54) is 0 Å². The third-order valence-corrected chi connectivity index (χ3v) is 3.08. The zero-order valence-corrected chi connectivity index (χ0v) is 12.2. The summed E-state index contributed by atoms with van der Waals surface area (Å²) >= 11 is 0. The molecule has 5 heteroatoms. The SMILES string of the molecule is COc1ccc(NC(C)c2cccnc2)cc1OCCO. The molecule has 2 aromatic rings. The second-order valence-corrected chi connectivity index (χ2v) is 4.59. The summed E-state index contributed by atoms with van der Waals surface area (Å²) in [5, 5.41) is 12.3. The molecule has 0 aliphatic carbocycles. The molecular formula is C16H20N2O3. The van der Waals surface area contributed by atoms with Crippen LogP contribution in [0, 0.1) is 0 Å². The van der Waals surface area contributed by atoms with Gasteiger partial charge in [0.25, 0.3) is 0 Å². The second-order valence-electron chi connectivity index (χ2n) is 4.59. The fourth-order valence-corrected chi connectivity index (χ4v) is 2.00. The molecule has 112 valence electrons. The average molecular weight is 288 g/mol. The minimum atomic E-state index is -0.0348. The van der Waals surface area contributed by atoms with Gasteiger partial charge >= 0.3 is 0 Å². The summed E-state index contributed by atoms with van der Waals surface area (Å²) in [6.45, 7) is 2.26. The van der Waals surface area contributed by atoms with Gasteiger partial charge in [-0.3, -0.25) is 4.98 Å². The summed E-state index contributed by atoms with van der Waals surface area (Å²) in [6.07, 6.45) is 3.59. The number of hydrogen-bond donors (Lipinski definition) is 2. The standard InChI is InChI=1S/C16H20N2O3/c1-12(13-4-3-7-17-11-13)18-14-5-6-15(20-2)16(10-14)21-9-8-19/h3-7,10-12,18-19H,8-9H2,1-2H3. The van der Waals surface area contributed by atoms with Crippen LogP contribution in [0.15, 0.2) is 42.7 Å². The Bertz CT molecular complexity index is 561. The Labute approximate surface area is 124 Å². The van der Waals surface area contributed by atoms with Crippen molar-refractivity contribution in [2.24, 2.45) is 0 Å². The van der Waals surface area contributed by atoms with Crippen molar-refractivity contribution >= 4 is 5.69 Å². The molecule has 0 spiro atoms. The zero-order valence-electron chi connectivity index (χ0n) is 12.2. The van der Waals surface area contributed by atoms with Gasteiger partial charge in [0.15, 0.2) is 11.5 Å². The summed E-state index contributed by atoms with van der Waals surface area (Å²) in [5.74, 6) is 1.25. The van der Waals surface area contributed by atoms with Crippen LogP contribution in [0.2, 0.25) is 0 Å². The highest BCUT2D eigenvalue weighted by Gasteiger charge is 2.09. The number of nitrogens with one attached hydrogen (secondary N) is 1. The molecule has 2 N–H and O–H groups in total. The molecular weight excluding hydrogens is 268 g/mol. The molecule has 0 saturated heterocycles. The van der Waals surface area contributed by atoms with Gasteiger partial charge in [-0.25, -0.2) is 0 Å². The Kier molecular flexibility index (Phi) is 5.40. The van der Waals surface area contributed by atoms with E-state index < -0.39 is 0 Å². The van der Waals surface area contributed by atoms with Crippen molar-refractivity contribution in [1.29, 1.82) is 0 Å². The molecule has 2 rings (SSSR count). The summed E-state index contributed by atoms with van der Waals surface area (Å²) in [6, 6.07) is 9.69. The minimum absolute atomic E-state index is 0.0348. The number of rotatable bonds is 7. The van der Waals surface area contributed by atoms with E-state index in [4.69, 9.17) is 14.6 Å². The van der Waals surface area contributed by atoms with Crippen LogP contribution in [0.1, 0.15) is 18.5 Å². The van der Waals surface area contributed by atoms with Crippen LogP contribution < -0.4 is 14.8 Å². The van der Waals surface area contributed by atoms with Crippen molar-refractivity contribution in [3.63, 3.8) is 0 Å². The number of methoxy groups -OCH3 is 1. The van der Waals surface area contributed by atoms with Crippen molar-refractivity contribution < 1.29 is 14.6 Å². The van der Waals surface area contributed by atoms with Gasteiger partial charge in [0.2, 0.25) is 0 Å². The maximum absolute atomic E-state index is 8.87. The fraction of sp³-hybridized carbons (Fsp3) is 0.312. The quantitative estimate of drug-likeness (QED) is 0.820. The third-order valence-electron chi connectivity index (χ3n) is 3.08. The predicted octanol–water partition coefficient (Wildman–Crippen LogP) is 2.63. The molecule has 1 atom stereocenters. The van der Waals surface area contributed by atoms with Crippen LogP contribution in [0.25, 0.3) is 0 Å². The molecule has 0 bridgehead atoms. The highest BCUT2D eigenvalue weighted by Crippen LogP contribution is 2.31. The maximum atomic E-state index is 8.87. The van der Waals surface area contributed by atoms with Crippen molar-refractivity contribution in [3.8, 4) is 11.5 Å². The van der Waals surface area contributed by atoms with Crippen LogP contribution in [0.3, 0.4) is 0 Å². The predicted molar refractivity (Wildman–Crippen MR) is 81.8 cm³/mol. The lowest BCUT2D eigenvalue weighted by Gasteiger charge is -2.17. The topological polar surface area (TPSA) is 63.6 Å². The van der Waals surface area contributed by atoms with Gasteiger partial charge in [0.1, 0.15) is 6.61 Å². The number of aliphatic hydroxyl groups is 1. The minimum Gasteiger partial charge on any atom is -0.493 e.